The van der Waals surface area contributed by atoms with Gasteiger partial charge in [-0.3, -0.25) is 4.90 Å². The van der Waals surface area contributed by atoms with Crippen LogP contribution >= 0.6 is 0 Å². The van der Waals surface area contributed by atoms with E-state index in [1.807, 2.05) is 12.1 Å². The first-order chi connectivity index (χ1) is 16.3. The molecule has 4 heteroatoms. The standard InChI is InChI=1S/C29H39N3O/c1-2-3-18-32-28(19-30-29(32)27-12-8-5-9-13-27)22-31(20-24-10-6-4-7-11-24)21-25-14-16-26(23-33)17-15-25/h5,8-9,12-17,19,24,33H,2-4,6-7,10-11,18,20-23H2,1H3. The Morgan fingerprint density at radius 2 is 1.67 bits per heavy atom. The molecule has 4 nitrogen and oxygen atoms in total. The summed E-state index contributed by atoms with van der Waals surface area (Å²) in [6, 6.07) is 19.0. The van der Waals surface area contributed by atoms with Crippen molar-refractivity contribution in [2.24, 2.45) is 5.92 Å². The molecule has 1 aromatic heterocycles. The largest absolute Gasteiger partial charge is 0.392 e. The van der Waals surface area contributed by atoms with E-state index in [1.165, 1.54) is 55.3 Å². The Morgan fingerprint density at radius 3 is 2.36 bits per heavy atom. The van der Waals surface area contributed by atoms with Gasteiger partial charge in [0.1, 0.15) is 5.82 Å². The van der Waals surface area contributed by atoms with Crippen LogP contribution in [0.5, 0.6) is 0 Å². The monoisotopic (exact) mass is 445 g/mol. The fourth-order valence-corrected chi connectivity index (χ4v) is 5.08. The second-order valence-corrected chi connectivity index (χ2v) is 9.59. The van der Waals surface area contributed by atoms with Crippen molar-refractivity contribution in [2.45, 2.75) is 78.1 Å². The second kappa shape index (κ2) is 12.2. The number of nitrogens with zero attached hydrogens (tertiary/aromatic N) is 3. The molecular formula is C29H39N3O. The van der Waals surface area contributed by atoms with Crippen molar-refractivity contribution in [1.82, 2.24) is 14.5 Å². The molecule has 1 heterocycles. The number of aliphatic hydroxyl groups is 1. The number of benzene rings is 2. The molecule has 1 saturated carbocycles. The van der Waals surface area contributed by atoms with Gasteiger partial charge in [0.15, 0.2) is 0 Å². The van der Waals surface area contributed by atoms with Crippen LogP contribution in [0.3, 0.4) is 0 Å². The molecule has 3 aromatic rings. The number of aliphatic hydroxyl groups excluding tert-OH is 1. The quantitative estimate of drug-likeness (QED) is 0.370. The Hall–Kier alpha value is -2.43. The third-order valence-electron chi connectivity index (χ3n) is 6.94. The molecule has 1 aliphatic carbocycles. The highest BCUT2D eigenvalue weighted by molar-refractivity contribution is 5.55. The molecule has 0 bridgehead atoms. The van der Waals surface area contributed by atoms with Crippen LogP contribution in [0.4, 0.5) is 0 Å². The van der Waals surface area contributed by atoms with Gasteiger partial charge in [-0.1, -0.05) is 87.2 Å². The van der Waals surface area contributed by atoms with Crippen LogP contribution in [-0.4, -0.2) is 26.1 Å². The molecule has 0 unspecified atom stereocenters. The SMILES string of the molecule is CCCCn1c(CN(Cc2ccc(CO)cc2)CC2CCCCC2)cnc1-c1ccccc1. The highest BCUT2D eigenvalue weighted by Gasteiger charge is 2.20. The van der Waals surface area contributed by atoms with Gasteiger partial charge in [-0.25, -0.2) is 4.98 Å². The highest BCUT2D eigenvalue weighted by Crippen LogP contribution is 2.27. The molecule has 176 valence electrons. The van der Waals surface area contributed by atoms with Gasteiger partial charge in [-0.15, -0.1) is 0 Å². The molecule has 0 atom stereocenters. The summed E-state index contributed by atoms with van der Waals surface area (Å²) in [6.07, 6.45) is 11.3. The van der Waals surface area contributed by atoms with Crippen LogP contribution < -0.4 is 0 Å². The molecular weight excluding hydrogens is 406 g/mol. The van der Waals surface area contributed by atoms with E-state index in [1.54, 1.807) is 0 Å². The Labute approximate surface area is 199 Å². The Kier molecular flexibility index (Phi) is 8.73. The average molecular weight is 446 g/mol. The third kappa shape index (κ3) is 6.55. The van der Waals surface area contributed by atoms with E-state index in [-0.39, 0.29) is 6.61 Å². The lowest BCUT2D eigenvalue weighted by atomic mass is 9.89. The maximum absolute atomic E-state index is 9.40. The summed E-state index contributed by atoms with van der Waals surface area (Å²) in [5.74, 6) is 1.88. The number of rotatable bonds is 11. The second-order valence-electron chi connectivity index (χ2n) is 9.59. The molecule has 0 spiro atoms. The predicted molar refractivity (Wildman–Crippen MR) is 136 cm³/mol. The zero-order chi connectivity index (χ0) is 22.9. The maximum Gasteiger partial charge on any atom is 0.140 e. The molecule has 2 aromatic carbocycles. The maximum atomic E-state index is 9.40. The lowest BCUT2D eigenvalue weighted by Crippen LogP contribution is -2.31. The van der Waals surface area contributed by atoms with Gasteiger partial charge in [-0.2, -0.15) is 0 Å². The van der Waals surface area contributed by atoms with Crippen molar-refractivity contribution < 1.29 is 5.11 Å². The fraction of sp³-hybridized carbons (Fsp3) is 0.483. The Bertz CT molecular complexity index is 958. The smallest absolute Gasteiger partial charge is 0.140 e. The lowest BCUT2D eigenvalue weighted by Gasteiger charge is -2.30. The van der Waals surface area contributed by atoms with E-state index in [9.17, 15) is 5.11 Å². The minimum Gasteiger partial charge on any atom is -0.392 e. The van der Waals surface area contributed by atoms with Gasteiger partial charge in [0.25, 0.3) is 0 Å². The van der Waals surface area contributed by atoms with Crippen LogP contribution in [0.15, 0.2) is 60.8 Å². The molecule has 33 heavy (non-hydrogen) atoms. The summed E-state index contributed by atoms with van der Waals surface area (Å²) in [7, 11) is 0. The van der Waals surface area contributed by atoms with E-state index in [4.69, 9.17) is 4.98 Å². The van der Waals surface area contributed by atoms with Gasteiger partial charge < -0.3 is 9.67 Å². The van der Waals surface area contributed by atoms with Crippen molar-refractivity contribution in [3.8, 4) is 11.4 Å². The molecule has 1 fully saturated rings. The van der Waals surface area contributed by atoms with Crippen LogP contribution in [0, 0.1) is 5.92 Å². The van der Waals surface area contributed by atoms with Gasteiger partial charge in [0.2, 0.25) is 0 Å². The molecule has 0 amide bonds. The highest BCUT2D eigenvalue weighted by atomic mass is 16.3. The van der Waals surface area contributed by atoms with E-state index in [0.717, 1.165) is 49.9 Å². The average Bonchev–Trinajstić information content (AvgIpc) is 3.26. The Balaban J connectivity index is 1.57. The van der Waals surface area contributed by atoms with Crippen molar-refractivity contribution in [2.75, 3.05) is 6.54 Å². The summed E-state index contributed by atoms with van der Waals surface area (Å²) in [6.45, 7) is 6.36. The fourth-order valence-electron chi connectivity index (χ4n) is 5.08. The summed E-state index contributed by atoms with van der Waals surface area (Å²) in [5, 5.41) is 9.40. The number of hydrogen-bond acceptors (Lipinski definition) is 3. The van der Waals surface area contributed by atoms with Gasteiger partial charge in [0.05, 0.1) is 18.5 Å². The minimum absolute atomic E-state index is 0.102. The summed E-state index contributed by atoms with van der Waals surface area (Å²) < 4.78 is 2.45. The Morgan fingerprint density at radius 1 is 0.939 bits per heavy atom. The summed E-state index contributed by atoms with van der Waals surface area (Å²) in [4.78, 5) is 7.50. The summed E-state index contributed by atoms with van der Waals surface area (Å²) >= 11 is 0. The van der Waals surface area contributed by atoms with Crippen molar-refractivity contribution in [3.63, 3.8) is 0 Å². The summed E-state index contributed by atoms with van der Waals surface area (Å²) in [5.41, 5.74) is 4.79. The van der Waals surface area contributed by atoms with E-state index < -0.39 is 0 Å². The number of unbranched alkanes of at least 4 members (excludes halogenated alkanes) is 1. The zero-order valence-electron chi connectivity index (χ0n) is 20.1. The third-order valence-corrected chi connectivity index (χ3v) is 6.94. The first-order valence-corrected chi connectivity index (χ1v) is 12.8. The zero-order valence-corrected chi connectivity index (χ0v) is 20.1. The molecule has 0 aliphatic heterocycles. The molecule has 1 aliphatic rings. The van der Waals surface area contributed by atoms with E-state index in [2.05, 4.69) is 65.1 Å². The first-order valence-electron chi connectivity index (χ1n) is 12.8. The van der Waals surface area contributed by atoms with Crippen molar-refractivity contribution in [3.05, 3.63) is 77.6 Å². The van der Waals surface area contributed by atoms with Crippen LogP contribution in [0.25, 0.3) is 11.4 Å². The van der Waals surface area contributed by atoms with Gasteiger partial charge in [-0.05, 0) is 36.3 Å². The van der Waals surface area contributed by atoms with Crippen molar-refractivity contribution in [1.29, 1.82) is 0 Å². The normalized spacial score (nSPS) is 14.8. The van der Waals surface area contributed by atoms with Crippen molar-refractivity contribution >= 4 is 0 Å². The first kappa shape index (κ1) is 23.7. The van der Waals surface area contributed by atoms with E-state index >= 15 is 0 Å². The molecule has 1 N–H and O–H groups in total. The minimum atomic E-state index is 0.102. The van der Waals surface area contributed by atoms with E-state index in [0.29, 0.717) is 0 Å². The predicted octanol–water partition coefficient (Wildman–Crippen LogP) is 6.43. The molecule has 0 saturated heterocycles. The number of aromatic nitrogens is 2. The van der Waals surface area contributed by atoms with Crippen LogP contribution in [-0.2, 0) is 26.2 Å². The molecule has 0 radical (unpaired) electrons. The topological polar surface area (TPSA) is 41.3 Å². The molecule has 4 rings (SSSR count). The van der Waals surface area contributed by atoms with Gasteiger partial charge >= 0.3 is 0 Å². The number of hydrogen-bond donors (Lipinski definition) is 1. The van der Waals surface area contributed by atoms with Crippen LogP contribution in [0.2, 0.25) is 0 Å². The van der Waals surface area contributed by atoms with Crippen LogP contribution in [0.1, 0.15) is 68.7 Å². The number of imidazole rings is 1. The van der Waals surface area contributed by atoms with Gasteiger partial charge in [0, 0.05) is 31.7 Å². The lowest BCUT2D eigenvalue weighted by molar-refractivity contribution is 0.183.